The lowest BCUT2D eigenvalue weighted by molar-refractivity contribution is -0.384. The van der Waals surface area contributed by atoms with Gasteiger partial charge in [-0.3, -0.25) is 10.1 Å². The van der Waals surface area contributed by atoms with Crippen LogP contribution in [-0.2, 0) is 18.2 Å². The molecule has 0 aliphatic heterocycles. The van der Waals surface area contributed by atoms with E-state index in [2.05, 4.69) is 11.8 Å². The Kier molecular flexibility index (Phi) is 4.93. The van der Waals surface area contributed by atoms with E-state index in [1.807, 2.05) is 6.92 Å². The number of rotatable bonds is 5. The van der Waals surface area contributed by atoms with Gasteiger partial charge >= 0.3 is 0 Å². The van der Waals surface area contributed by atoms with Crippen molar-refractivity contribution in [1.29, 1.82) is 0 Å². The summed E-state index contributed by atoms with van der Waals surface area (Å²) in [5, 5.41) is 11.1. The van der Waals surface area contributed by atoms with Crippen molar-refractivity contribution in [2.75, 3.05) is 0 Å². The van der Waals surface area contributed by atoms with E-state index in [0.29, 0.717) is 23.1 Å². The third-order valence-corrected chi connectivity index (χ3v) is 3.71. The number of hydrogen-bond acceptors (Lipinski definition) is 6. The molecule has 0 fully saturated rings. The zero-order chi connectivity index (χ0) is 16.3. The lowest BCUT2D eigenvalue weighted by Crippen LogP contribution is -2.18. The first-order chi connectivity index (χ1) is 10.3. The van der Waals surface area contributed by atoms with Crippen molar-refractivity contribution in [1.82, 2.24) is 0 Å². The maximum Gasteiger partial charge on any atom is 0.277 e. The molecule has 8 heteroatoms. The normalized spacial score (nSPS) is 11.2. The second-order valence-corrected chi connectivity index (χ2v) is 6.91. The first-order valence-corrected chi connectivity index (χ1v) is 8.96. The van der Waals surface area contributed by atoms with Crippen LogP contribution in [0, 0.1) is 10.1 Å². The molecular formula is C14H12NO5PS-2. The SMILES string of the molecule is CCc1cc(-c2ccccc2[N+](=O)[O-])ccc1OP([O-])([O-])=S. The van der Waals surface area contributed by atoms with Crippen molar-refractivity contribution in [3.63, 3.8) is 0 Å². The first-order valence-electron chi connectivity index (χ1n) is 6.40. The summed E-state index contributed by atoms with van der Waals surface area (Å²) in [5.41, 5.74) is 1.66. The van der Waals surface area contributed by atoms with Crippen LogP contribution in [0.25, 0.3) is 11.1 Å². The van der Waals surface area contributed by atoms with Gasteiger partial charge in [-0.1, -0.05) is 36.9 Å². The van der Waals surface area contributed by atoms with Crippen molar-refractivity contribution < 1.29 is 19.2 Å². The Hall–Kier alpha value is -1.79. The summed E-state index contributed by atoms with van der Waals surface area (Å²) in [7, 11) is 0. The predicted molar refractivity (Wildman–Crippen MR) is 82.8 cm³/mol. The number of nitro benzene ring substituents is 1. The fraction of sp³-hybridized carbons (Fsp3) is 0.143. The Balaban J connectivity index is 2.51. The van der Waals surface area contributed by atoms with E-state index in [0.717, 1.165) is 0 Å². The van der Waals surface area contributed by atoms with E-state index in [-0.39, 0.29) is 11.4 Å². The van der Waals surface area contributed by atoms with Crippen LogP contribution >= 0.6 is 6.72 Å². The lowest BCUT2D eigenvalue weighted by atomic mass is 10.00. The third-order valence-electron chi connectivity index (χ3n) is 3.06. The molecule has 0 saturated carbocycles. The van der Waals surface area contributed by atoms with Crippen LogP contribution in [0.4, 0.5) is 5.69 Å². The molecule has 0 spiro atoms. The average molecular weight is 337 g/mol. The monoisotopic (exact) mass is 337 g/mol. The molecule has 0 aromatic heterocycles. The molecule has 116 valence electrons. The first kappa shape index (κ1) is 16.6. The highest BCUT2D eigenvalue weighted by molar-refractivity contribution is 8.05. The number of hydrogen-bond donors (Lipinski definition) is 0. The summed E-state index contributed by atoms with van der Waals surface area (Å²) in [6.45, 7) is -2.49. The van der Waals surface area contributed by atoms with E-state index >= 15 is 0 Å². The van der Waals surface area contributed by atoms with Gasteiger partial charge in [0, 0.05) is 6.07 Å². The zero-order valence-corrected chi connectivity index (χ0v) is 13.3. The molecule has 6 nitrogen and oxygen atoms in total. The fourth-order valence-corrected chi connectivity index (χ4v) is 2.77. The van der Waals surface area contributed by atoms with Crippen molar-refractivity contribution >= 4 is 24.2 Å². The van der Waals surface area contributed by atoms with Crippen LogP contribution in [0.2, 0.25) is 0 Å². The molecule has 2 aromatic carbocycles. The molecule has 0 aliphatic rings. The predicted octanol–water partition coefficient (Wildman–Crippen LogP) is 2.15. The lowest BCUT2D eigenvalue weighted by Gasteiger charge is -2.35. The second kappa shape index (κ2) is 6.54. The number of aryl methyl sites for hydroxylation is 1. The minimum atomic E-state index is -4.31. The Bertz CT molecular complexity index is 759. The number of benzene rings is 2. The topological polar surface area (TPSA) is 98.5 Å². The molecule has 0 aliphatic carbocycles. The highest BCUT2D eigenvalue weighted by Gasteiger charge is 2.15. The summed E-state index contributed by atoms with van der Waals surface area (Å²) in [6, 6.07) is 11.0. The van der Waals surface area contributed by atoms with Gasteiger partial charge in [0.1, 0.15) is 5.75 Å². The standard InChI is InChI=1S/C14H14NO5PS/c1-2-10-9-11(7-8-14(10)20-21(18,19)22)12-5-3-4-6-13(12)15(16)17/h3-9H,2H2,1H3,(H2,18,19,22)/p-2. The van der Waals surface area contributed by atoms with Gasteiger partial charge in [0.2, 0.25) is 0 Å². The summed E-state index contributed by atoms with van der Waals surface area (Å²) in [5.74, 6) is 0.151. The van der Waals surface area contributed by atoms with E-state index in [1.165, 1.54) is 12.1 Å². The van der Waals surface area contributed by atoms with E-state index in [1.54, 1.807) is 30.3 Å². The minimum Gasteiger partial charge on any atom is -0.803 e. The maximum absolute atomic E-state index is 11.1. The van der Waals surface area contributed by atoms with Gasteiger partial charge in [-0.25, -0.2) is 0 Å². The molecule has 0 heterocycles. The van der Waals surface area contributed by atoms with Crippen molar-refractivity contribution in [2.45, 2.75) is 13.3 Å². The molecule has 2 aromatic rings. The van der Waals surface area contributed by atoms with Crippen LogP contribution in [0.5, 0.6) is 5.75 Å². The largest absolute Gasteiger partial charge is 0.803 e. The number of nitro groups is 1. The van der Waals surface area contributed by atoms with Crippen LogP contribution in [0.1, 0.15) is 12.5 Å². The Labute approximate surface area is 132 Å². The Morgan fingerprint density at radius 1 is 1.23 bits per heavy atom. The van der Waals surface area contributed by atoms with Gasteiger partial charge < -0.3 is 14.3 Å². The van der Waals surface area contributed by atoms with E-state index < -0.39 is 11.6 Å². The van der Waals surface area contributed by atoms with Crippen molar-refractivity contribution in [2.24, 2.45) is 0 Å². The van der Waals surface area contributed by atoms with Crippen LogP contribution < -0.4 is 14.3 Å². The average Bonchev–Trinajstić information content (AvgIpc) is 2.46. The minimum absolute atomic E-state index is 0.0176. The molecule has 22 heavy (non-hydrogen) atoms. The third kappa shape index (κ3) is 3.90. The molecular weight excluding hydrogens is 325 g/mol. The summed E-state index contributed by atoms with van der Waals surface area (Å²) < 4.78 is 4.77. The molecule has 0 unspecified atom stereocenters. The number of para-hydroxylation sites is 1. The van der Waals surface area contributed by atoms with Crippen LogP contribution in [-0.4, -0.2) is 4.92 Å². The molecule has 0 radical (unpaired) electrons. The highest BCUT2D eigenvalue weighted by Crippen LogP contribution is 2.36. The van der Waals surface area contributed by atoms with E-state index in [4.69, 9.17) is 4.52 Å². The summed E-state index contributed by atoms with van der Waals surface area (Å²) >= 11 is 4.24. The highest BCUT2D eigenvalue weighted by atomic mass is 32.5. The molecule has 0 saturated heterocycles. The van der Waals surface area contributed by atoms with Gasteiger partial charge in [0.05, 0.1) is 10.5 Å². The molecule has 0 bridgehead atoms. The molecule has 2 rings (SSSR count). The number of nitrogens with zero attached hydrogens (tertiary/aromatic N) is 1. The maximum atomic E-state index is 11.1. The van der Waals surface area contributed by atoms with Gasteiger partial charge in [-0.15, -0.1) is 0 Å². The zero-order valence-electron chi connectivity index (χ0n) is 11.6. The van der Waals surface area contributed by atoms with Gasteiger partial charge in [-0.2, -0.15) is 0 Å². The second-order valence-electron chi connectivity index (χ2n) is 4.49. The van der Waals surface area contributed by atoms with Crippen molar-refractivity contribution in [3.8, 4) is 16.9 Å². The summed E-state index contributed by atoms with van der Waals surface area (Å²) in [4.78, 5) is 32.8. The van der Waals surface area contributed by atoms with E-state index in [9.17, 15) is 19.9 Å². The molecule has 0 amide bonds. The van der Waals surface area contributed by atoms with Crippen molar-refractivity contribution in [3.05, 3.63) is 58.1 Å². The van der Waals surface area contributed by atoms with Gasteiger partial charge in [0.15, 0.2) is 0 Å². The Morgan fingerprint density at radius 2 is 1.91 bits per heavy atom. The van der Waals surface area contributed by atoms with Gasteiger partial charge in [-0.05, 0) is 42.5 Å². The molecule has 0 atom stereocenters. The molecule has 0 N–H and O–H groups in total. The Morgan fingerprint density at radius 3 is 2.50 bits per heavy atom. The van der Waals surface area contributed by atoms with Crippen LogP contribution in [0.3, 0.4) is 0 Å². The smallest absolute Gasteiger partial charge is 0.277 e. The fourth-order valence-electron chi connectivity index (χ4n) is 2.11. The van der Waals surface area contributed by atoms with Gasteiger partial charge in [0.25, 0.3) is 5.69 Å². The van der Waals surface area contributed by atoms with Crippen LogP contribution in [0.15, 0.2) is 42.5 Å². The summed E-state index contributed by atoms with van der Waals surface area (Å²) in [6.07, 6.45) is 0.499. The quantitative estimate of drug-likeness (QED) is 0.471.